The number of ether oxygens (including phenoxy) is 1. The highest BCUT2D eigenvalue weighted by Crippen LogP contribution is 2.21. The largest absolute Gasteiger partial charge is 0.494 e. The Hall–Kier alpha value is -2.43. The lowest BCUT2D eigenvalue weighted by atomic mass is 10.1. The van der Waals surface area contributed by atoms with Gasteiger partial charge in [0.2, 0.25) is 5.91 Å². The molecular weight excluding hydrogens is 324 g/mol. The van der Waals surface area contributed by atoms with Crippen LogP contribution in [0.15, 0.2) is 48.5 Å². The fraction of sp³-hybridized carbons (Fsp3) is 0.350. The van der Waals surface area contributed by atoms with Crippen molar-refractivity contribution in [3.63, 3.8) is 0 Å². The quantitative estimate of drug-likeness (QED) is 0.796. The first-order chi connectivity index (χ1) is 12.1. The smallest absolute Gasteiger partial charge is 0.227 e. The van der Waals surface area contributed by atoms with E-state index in [-0.39, 0.29) is 24.0 Å². The molecule has 3 rings (SSSR count). The van der Waals surface area contributed by atoms with Crippen molar-refractivity contribution in [3.8, 4) is 5.75 Å². The number of rotatable bonds is 6. The predicted octanol–water partition coefficient (Wildman–Crippen LogP) is 3.82. The third kappa shape index (κ3) is 5.02. The number of hydrogen-bond acceptors (Lipinski definition) is 2. The second-order valence-corrected chi connectivity index (χ2v) is 6.39. The monoisotopic (exact) mass is 345 g/mol. The Morgan fingerprint density at radius 2 is 1.92 bits per heavy atom. The molecule has 1 aliphatic heterocycles. The van der Waals surface area contributed by atoms with E-state index in [2.05, 4.69) is 0 Å². The van der Waals surface area contributed by atoms with Gasteiger partial charge in [-0.05, 0) is 60.7 Å². The van der Waals surface area contributed by atoms with Gasteiger partial charge in [-0.25, -0.2) is 8.78 Å². The molecule has 3 nitrogen and oxygen atoms in total. The van der Waals surface area contributed by atoms with E-state index in [0.717, 1.165) is 19.4 Å². The molecule has 2 aromatic rings. The zero-order valence-corrected chi connectivity index (χ0v) is 14.0. The summed E-state index contributed by atoms with van der Waals surface area (Å²) in [5.74, 6) is 0.487. The minimum Gasteiger partial charge on any atom is -0.494 e. The van der Waals surface area contributed by atoms with Gasteiger partial charge in [-0.15, -0.1) is 0 Å². The van der Waals surface area contributed by atoms with Crippen LogP contribution in [-0.4, -0.2) is 30.5 Å². The maximum absolute atomic E-state index is 13.2. The Bertz CT molecular complexity index is 718. The number of carbonyl (C=O) groups excluding carboxylic acids is 1. The van der Waals surface area contributed by atoms with Crippen molar-refractivity contribution in [3.05, 3.63) is 65.7 Å². The van der Waals surface area contributed by atoms with Crippen LogP contribution in [0.4, 0.5) is 8.78 Å². The summed E-state index contributed by atoms with van der Waals surface area (Å²) in [5, 5.41) is 0. The normalized spacial score (nSPS) is 16.9. The zero-order chi connectivity index (χ0) is 17.6. The fourth-order valence-corrected chi connectivity index (χ4v) is 3.10. The first-order valence-electron chi connectivity index (χ1n) is 8.51. The number of benzene rings is 2. The summed E-state index contributed by atoms with van der Waals surface area (Å²) in [6.07, 6.45) is 2.03. The van der Waals surface area contributed by atoms with Gasteiger partial charge in [-0.3, -0.25) is 4.79 Å². The lowest BCUT2D eigenvalue weighted by Crippen LogP contribution is -2.30. The molecule has 1 amide bonds. The van der Waals surface area contributed by atoms with E-state index in [1.54, 1.807) is 24.3 Å². The number of nitrogens with zero attached hydrogens (tertiary/aromatic N) is 1. The Kier molecular flexibility index (Phi) is 5.64. The summed E-state index contributed by atoms with van der Waals surface area (Å²) in [5.41, 5.74) is 0.702. The molecule has 0 N–H and O–H groups in total. The second kappa shape index (κ2) is 8.10. The molecule has 0 radical (unpaired) electrons. The molecule has 1 unspecified atom stereocenters. The summed E-state index contributed by atoms with van der Waals surface area (Å²) in [7, 11) is 0. The fourth-order valence-electron chi connectivity index (χ4n) is 3.10. The number of carbonyl (C=O) groups is 1. The molecule has 132 valence electrons. The number of halogens is 2. The summed E-state index contributed by atoms with van der Waals surface area (Å²) < 4.78 is 31.7. The molecule has 1 aliphatic rings. The number of hydrogen-bond donors (Lipinski definition) is 0. The van der Waals surface area contributed by atoms with Crippen molar-refractivity contribution < 1.29 is 18.3 Å². The summed E-state index contributed by atoms with van der Waals surface area (Å²) >= 11 is 0. The first-order valence-corrected chi connectivity index (χ1v) is 8.51. The molecule has 0 saturated carbocycles. The predicted molar refractivity (Wildman–Crippen MR) is 91.3 cm³/mol. The van der Waals surface area contributed by atoms with Crippen LogP contribution in [0.25, 0.3) is 0 Å². The SMILES string of the molecule is O=C(Cc1cccc(F)c1)N1CCC(CCOc2ccc(F)cc2)C1. The van der Waals surface area contributed by atoms with E-state index < -0.39 is 0 Å². The molecule has 25 heavy (non-hydrogen) atoms. The zero-order valence-electron chi connectivity index (χ0n) is 14.0. The minimum absolute atomic E-state index is 0.0348. The second-order valence-electron chi connectivity index (χ2n) is 6.39. The molecule has 5 heteroatoms. The van der Waals surface area contributed by atoms with Crippen molar-refractivity contribution in [2.75, 3.05) is 19.7 Å². The van der Waals surface area contributed by atoms with Gasteiger partial charge in [0.25, 0.3) is 0 Å². The van der Waals surface area contributed by atoms with Crippen LogP contribution >= 0.6 is 0 Å². The van der Waals surface area contributed by atoms with Crippen LogP contribution in [0.3, 0.4) is 0 Å². The van der Waals surface area contributed by atoms with Crippen molar-refractivity contribution >= 4 is 5.91 Å². The highest BCUT2D eigenvalue weighted by atomic mass is 19.1. The van der Waals surface area contributed by atoms with Gasteiger partial charge >= 0.3 is 0 Å². The lowest BCUT2D eigenvalue weighted by molar-refractivity contribution is -0.129. The van der Waals surface area contributed by atoms with Crippen molar-refractivity contribution in [2.24, 2.45) is 5.92 Å². The van der Waals surface area contributed by atoms with E-state index in [4.69, 9.17) is 4.74 Å². The average Bonchev–Trinajstić information content (AvgIpc) is 3.06. The minimum atomic E-state index is -0.317. The summed E-state index contributed by atoms with van der Waals surface area (Å²) in [6.45, 7) is 1.98. The molecule has 0 spiro atoms. The van der Waals surface area contributed by atoms with Gasteiger partial charge in [0.1, 0.15) is 17.4 Å². The van der Waals surface area contributed by atoms with Gasteiger partial charge in [0.15, 0.2) is 0 Å². The molecule has 1 atom stereocenters. The van der Waals surface area contributed by atoms with E-state index in [9.17, 15) is 13.6 Å². The Morgan fingerprint density at radius 1 is 1.12 bits per heavy atom. The molecule has 1 saturated heterocycles. The Balaban J connectivity index is 1.42. The third-order valence-electron chi connectivity index (χ3n) is 4.49. The molecule has 1 heterocycles. The van der Waals surface area contributed by atoms with E-state index in [1.807, 2.05) is 4.90 Å². The Morgan fingerprint density at radius 3 is 2.68 bits per heavy atom. The molecule has 0 bridgehead atoms. The van der Waals surface area contributed by atoms with Crippen LogP contribution in [-0.2, 0) is 11.2 Å². The van der Waals surface area contributed by atoms with Gasteiger partial charge in [0, 0.05) is 13.1 Å². The van der Waals surface area contributed by atoms with Crippen LogP contribution < -0.4 is 4.74 Å². The molecule has 0 aliphatic carbocycles. The molecule has 2 aromatic carbocycles. The number of amides is 1. The molecule has 0 aromatic heterocycles. The van der Waals surface area contributed by atoms with Crippen molar-refractivity contribution in [1.82, 2.24) is 4.90 Å². The van der Waals surface area contributed by atoms with Crippen LogP contribution in [0.2, 0.25) is 0 Å². The van der Waals surface area contributed by atoms with Gasteiger partial charge in [0.05, 0.1) is 13.0 Å². The van der Waals surface area contributed by atoms with Crippen LogP contribution in [0.1, 0.15) is 18.4 Å². The first kappa shape index (κ1) is 17.4. The van der Waals surface area contributed by atoms with E-state index in [0.29, 0.717) is 30.4 Å². The lowest BCUT2D eigenvalue weighted by Gasteiger charge is -2.17. The third-order valence-corrected chi connectivity index (χ3v) is 4.49. The van der Waals surface area contributed by atoms with E-state index in [1.165, 1.54) is 24.3 Å². The summed E-state index contributed by atoms with van der Waals surface area (Å²) in [6, 6.07) is 12.1. The highest BCUT2D eigenvalue weighted by Gasteiger charge is 2.26. The van der Waals surface area contributed by atoms with Crippen LogP contribution in [0, 0.1) is 17.6 Å². The number of likely N-dealkylation sites (tertiary alicyclic amines) is 1. The summed E-state index contributed by atoms with van der Waals surface area (Å²) in [4.78, 5) is 14.2. The maximum atomic E-state index is 13.2. The van der Waals surface area contributed by atoms with Crippen molar-refractivity contribution in [1.29, 1.82) is 0 Å². The van der Waals surface area contributed by atoms with E-state index >= 15 is 0 Å². The molecular formula is C20H21F2NO2. The highest BCUT2D eigenvalue weighted by molar-refractivity contribution is 5.79. The topological polar surface area (TPSA) is 29.5 Å². The average molecular weight is 345 g/mol. The van der Waals surface area contributed by atoms with Gasteiger partial charge in [-0.2, -0.15) is 0 Å². The van der Waals surface area contributed by atoms with Gasteiger partial charge in [-0.1, -0.05) is 12.1 Å². The van der Waals surface area contributed by atoms with Crippen molar-refractivity contribution in [2.45, 2.75) is 19.3 Å². The van der Waals surface area contributed by atoms with Gasteiger partial charge < -0.3 is 9.64 Å². The Labute approximate surface area is 146 Å². The maximum Gasteiger partial charge on any atom is 0.227 e. The standard InChI is InChI=1S/C20H21F2NO2/c21-17-4-6-19(7-5-17)25-11-9-15-8-10-23(14-15)20(24)13-16-2-1-3-18(22)12-16/h1-7,12,15H,8-11,13-14H2. The van der Waals surface area contributed by atoms with Crippen LogP contribution in [0.5, 0.6) is 5.75 Å². The molecule has 1 fully saturated rings.